The molecular weight excluding hydrogens is 318 g/mol. The third-order valence-corrected chi connectivity index (χ3v) is 7.07. The van der Waals surface area contributed by atoms with Gasteiger partial charge in [-0.1, -0.05) is 25.0 Å². The normalized spacial score (nSPS) is 35.6. The third-order valence-electron chi connectivity index (χ3n) is 7.07. The van der Waals surface area contributed by atoms with Crippen LogP contribution in [0.5, 0.6) is 0 Å². The molecule has 1 atom stereocenters. The van der Waals surface area contributed by atoms with Gasteiger partial charge in [-0.15, -0.1) is 0 Å². The van der Waals surface area contributed by atoms with Crippen LogP contribution >= 0.6 is 0 Å². The Morgan fingerprint density at radius 1 is 0.880 bits per heavy atom. The van der Waals surface area contributed by atoms with Crippen molar-refractivity contribution in [1.29, 1.82) is 0 Å². The van der Waals surface area contributed by atoms with E-state index in [4.69, 9.17) is 4.74 Å². The van der Waals surface area contributed by atoms with E-state index in [1.807, 2.05) is 6.07 Å². The highest BCUT2D eigenvalue weighted by Crippen LogP contribution is 2.45. The smallest absolute Gasteiger partial charge is 0.162 e. The summed E-state index contributed by atoms with van der Waals surface area (Å²) in [5, 5.41) is 0. The lowest BCUT2D eigenvalue weighted by molar-refractivity contribution is 0.152. The van der Waals surface area contributed by atoms with Crippen molar-refractivity contribution in [3.8, 4) is 0 Å². The summed E-state index contributed by atoms with van der Waals surface area (Å²) in [5.41, 5.74) is 1.01. The highest BCUT2D eigenvalue weighted by molar-refractivity contribution is 5.28. The van der Waals surface area contributed by atoms with Crippen LogP contribution in [-0.2, 0) is 4.74 Å². The maximum Gasteiger partial charge on any atom is 0.162 e. The van der Waals surface area contributed by atoms with Crippen LogP contribution < -0.4 is 0 Å². The molecule has 0 bridgehead atoms. The molecule has 1 saturated heterocycles. The summed E-state index contributed by atoms with van der Waals surface area (Å²) in [6, 6.07) is 3.54. The van der Waals surface area contributed by atoms with E-state index >= 15 is 0 Å². The first-order valence-electron chi connectivity index (χ1n) is 10.2. The first kappa shape index (κ1) is 17.5. The molecule has 0 aromatic heterocycles. The van der Waals surface area contributed by atoms with Crippen LogP contribution in [0.1, 0.15) is 74.8 Å². The molecular formula is C22H30F2O. The first-order valence-corrected chi connectivity index (χ1v) is 10.2. The Morgan fingerprint density at radius 3 is 2.08 bits per heavy atom. The molecule has 4 rings (SSSR count). The van der Waals surface area contributed by atoms with E-state index in [1.165, 1.54) is 44.9 Å². The van der Waals surface area contributed by atoms with Gasteiger partial charge in [0.2, 0.25) is 0 Å². The van der Waals surface area contributed by atoms with Crippen LogP contribution in [0.25, 0.3) is 0 Å². The Labute approximate surface area is 150 Å². The largest absolute Gasteiger partial charge is 0.373 e. The van der Waals surface area contributed by atoms with Crippen molar-refractivity contribution in [3.05, 3.63) is 34.9 Å². The van der Waals surface area contributed by atoms with Gasteiger partial charge in [-0.3, -0.25) is 0 Å². The minimum Gasteiger partial charge on any atom is -0.373 e. The number of epoxide rings is 1. The minimum atomic E-state index is -0.655. The van der Waals surface area contributed by atoms with Gasteiger partial charge in [0.1, 0.15) is 0 Å². The number of rotatable bonds is 4. The molecule has 3 aliphatic rings. The van der Waals surface area contributed by atoms with Crippen molar-refractivity contribution >= 4 is 0 Å². The molecule has 1 aromatic carbocycles. The van der Waals surface area contributed by atoms with Gasteiger partial charge in [0.15, 0.2) is 11.6 Å². The Bertz CT molecular complexity index is 594. The lowest BCUT2D eigenvalue weighted by Gasteiger charge is -2.38. The predicted octanol–water partition coefficient (Wildman–Crippen LogP) is 6.14. The number of halogens is 2. The zero-order chi connectivity index (χ0) is 17.4. The molecule has 3 heteroatoms. The van der Waals surface area contributed by atoms with E-state index < -0.39 is 11.6 Å². The van der Waals surface area contributed by atoms with Gasteiger partial charge in [0.25, 0.3) is 0 Å². The quantitative estimate of drug-likeness (QED) is 0.595. The zero-order valence-electron chi connectivity index (χ0n) is 15.3. The second-order valence-corrected chi connectivity index (χ2v) is 8.68. The van der Waals surface area contributed by atoms with E-state index in [2.05, 4.69) is 0 Å². The number of hydrogen-bond acceptors (Lipinski definition) is 1. The van der Waals surface area contributed by atoms with Crippen LogP contribution in [0.2, 0.25) is 0 Å². The fourth-order valence-electron chi connectivity index (χ4n) is 5.35. The van der Waals surface area contributed by atoms with Gasteiger partial charge in [-0.2, -0.15) is 0 Å². The topological polar surface area (TPSA) is 12.5 Å². The molecule has 0 spiro atoms. The van der Waals surface area contributed by atoms with Crippen molar-refractivity contribution < 1.29 is 13.5 Å². The molecule has 0 N–H and O–H groups in total. The lowest BCUT2D eigenvalue weighted by atomic mass is 9.68. The Balaban J connectivity index is 1.29. The average Bonchev–Trinajstić information content (AvgIpc) is 3.45. The fourth-order valence-corrected chi connectivity index (χ4v) is 5.35. The molecule has 1 aromatic rings. The van der Waals surface area contributed by atoms with Gasteiger partial charge in [0, 0.05) is 0 Å². The van der Waals surface area contributed by atoms with Crippen LogP contribution in [0.3, 0.4) is 0 Å². The van der Waals surface area contributed by atoms with Crippen LogP contribution in [0, 0.1) is 36.3 Å². The standard InChI is InChI=1S/C22H30F2O/c1-14-2-11-20(22(24)21(14)23)18-9-7-17(8-10-18)16-5-3-15(4-6-16)12-19-13-25-19/h2,11,15-19H,3-10,12-13H2,1H3. The Morgan fingerprint density at radius 2 is 1.48 bits per heavy atom. The van der Waals surface area contributed by atoms with Gasteiger partial charge >= 0.3 is 0 Å². The molecule has 1 nitrogen and oxygen atoms in total. The van der Waals surface area contributed by atoms with E-state index in [0.717, 1.165) is 37.2 Å². The molecule has 3 fully saturated rings. The second-order valence-electron chi connectivity index (χ2n) is 8.68. The van der Waals surface area contributed by atoms with Crippen molar-refractivity contribution in [3.63, 3.8) is 0 Å². The molecule has 2 aliphatic carbocycles. The van der Waals surface area contributed by atoms with Gasteiger partial charge in [-0.05, 0) is 86.7 Å². The lowest BCUT2D eigenvalue weighted by Crippen LogP contribution is -2.26. The third kappa shape index (κ3) is 3.92. The van der Waals surface area contributed by atoms with Crippen LogP contribution in [0.4, 0.5) is 8.78 Å². The minimum absolute atomic E-state index is 0.203. The van der Waals surface area contributed by atoms with E-state index in [1.54, 1.807) is 13.0 Å². The molecule has 0 amide bonds. The maximum atomic E-state index is 14.3. The van der Waals surface area contributed by atoms with Gasteiger partial charge < -0.3 is 4.74 Å². The molecule has 0 radical (unpaired) electrons. The monoisotopic (exact) mass is 348 g/mol. The fraction of sp³-hybridized carbons (Fsp3) is 0.727. The van der Waals surface area contributed by atoms with Crippen molar-refractivity contribution in [2.45, 2.75) is 76.7 Å². The summed E-state index contributed by atoms with van der Waals surface area (Å²) < 4.78 is 33.5. The van der Waals surface area contributed by atoms with Crippen molar-refractivity contribution in [2.75, 3.05) is 6.61 Å². The molecule has 1 heterocycles. The predicted molar refractivity (Wildman–Crippen MR) is 95.6 cm³/mol. The Hall–Kier alpha value is -0.960. The molecule has 25 heavy (non-hydrogen) atoms. The summed E-state index contributed by atoms with van der Waals surface area (Å²) in [7, 11) is 0. The summed E-state index contributed by atoms with van der Waals surface area (Å²) >= 11 is 0. The number of ether oxygens (including phenoxy) is 1. The molecule has 1 unspecified atom stereocenters. The highest BCUT2D eigenvalue weighted by atomic mass is 19.2. The first-order chi connectivity index (χ1) is 12.1. The number of hydrogen-bond donors (Lipinski definition) is 0. The van der Waals surface area contributed by atoms with E-state index in [-0.39, 0.29) is 5.92 Å². The highest BCUT2D eigenvalue weighted by Gasteiger charge is 2.34. The van der Waals surface area contributed by atoms with Crippen LogP contribution in [-0.4, -0.2) is 12.7 Å². The number of aryl methyl sites for hydroxylation is 1. The molecule has 1 aliphatic heterocycles. The number of benzene rings is 1. The average molecular weight is 348 g/mol. The Kier molecular flexibility index (Phi) is 5.13. The van der Waals surface area contributed by atoms with Gasteiger partial charge in [0.05, 0.1) is 12.7 Å². The van der Waals surface area contributed by atoms with Gasteiger partial charge in [-0.25, -0.2) is 8.78 Å². The summed E-state index contributed by atoms with van der Waals surface area (Å²) in [6.45, 7) is 2.62. The van der Waals surface area contributed by atoms with Crippen LogP contribution in [0.15, 0.2) is 12.1 Å². The van der Waals surface area contributed by atoms with Crippen molar-refractivity contribution in [1.82, 2.24) is 0 Å². The molecule has 138 valence electrons. The zero-order valence-corrected chi connectivity index (χ0v) is 15.3. The summed E-state index contributed by atoms with van der Waals surface area (Å²) in [6.07, 6.45) is 11.7. The molecule has 2 saturated carbocycles. The second kappa shape index (κ2) is 7.34. The maximum absolute atomic E-state index is 14.3. The van der Waals surface area contributed by atoms with Crippen molar-refractivity contribution in [2.24, 2.45) is 17.8 Å². The van der Waals surface area contributed by atoms with E-state index in [9.17, 15) is 8.78 Å². The SMILES string of the molecule is Cc1ccc(C2CCC(C3CCC(CC4CO4)CC3)CC2)c(F)c1F. The van der Waals surface area contributed by atoms with E-state index in [0.29, 0.717) is 17.2 Å². The summed E-state index contributed by atoms with van der Waals surface area (Å²) in [4.78, 5) is 0. The summed E-state index contributed by atoms with van der Waals surface area (Å²) in [5.74, 6) is 1.48.